The maximum atomic E-state index is 12.2. The van der Waals surface area contributed by atoms with Crippen LogP contribution in [-0.2, 0) is 0 Å². The van der Waals surface area contributed by atoms with Gasteiger partial charge in [-0.2, -0.15) is 5.10 Å². The lowest BCUT2D eigenvalue weighted by Crippen LogP contribution is -2.47. The molecule has 0 spiro atoms. The van der Waals surface area contributed by atoms with Crippen molar-refractivity contribution in [3.8, 4) is 0 Å². The van der Waals surface area contributed by atoms with E-state index >= 15 is 0 Å². The summed E-state index contributed by atoms with van der Waals surface area (Å²) in [7, 11) is 0. The number of hydrogen-bond acceptors (Lipinski definition) is 3. The van der Waals surface area contributed by atoms with Gasteiger partial charge in [-0.15, -0.1) is 0 Å². The van der Waals surface area contributed by atoms with E-state index in [1.165, 1.54) is 12.8 Å². The lowest BCUT2D eigenvalue weighted by Gasteiger charge is -2.27. The highest BCUT2D eigenvalue weighted by Gasteiger charge is 2.27. The molecule has 1 aromatic rings. The first-order valence-electron chi connectivity index (χ1n) is 6.16. The Kier molecular flexibility index (Phi) is 2.35. The minimum absolute atomic E-state index is 0.0934. The van der Waals surface area contributed by atoms with Crippen molar-refractivity contribution in [2.75, 3.05) is 13.1 Å². The van der Waals surface area contributed by atoms with Crippen LogP contribution >= 0.6 is 0 Å². The van der Waals surface area contributed by atoms with Gasteiger partial charge in [0, 0.05) is 13.1 Å². The molecule has 3 rings (SSSR count). The van der Waals surface area contributed by atoms with Crippen LogP contribution in [-0.4, -0.2) is 27.4 Å². The van der Waals surface area contributed by atoms with Crippen LogP contribution in [0.15, 0.2) is 4.79 Å². The second-order valence-electron chi connectivity index (χ2n) is 4.89. The highest BCUT2D eigenvalue weighted by atomic mass is 16.2. The van der Waals surface area contributed by atoms with Gasteiger partial charge in [-0.3, -0.25) is 4.57 Å². The molecule has 1 saturated heterocycles. The smallest absolute Gasteiger partial charge is 0.313 e. The van der Waals surface area contributed by atoms with E-state index in [-0.39, 0.29) is 5.69 Å². The molecule has 5 heteroatoms. The fraction of sp³-hybridized carbons (Fsp3) is 0.818. The first-order valence-corrected chi connectivity index (χ1v) is 6.16. The molecule has 1 N–H and O–H groups in total. The summed E-state index contributed by atoms with van der Waals surface area (Å²) in [5.74, 6) is 0.864. The van der Waals surface area contributed by atoms with E-state index < -0.39 is 0 Å². The Morgan fingerprint density at radius 1 is 1.25 bits per heavy atom. The fourth-order valence-electron chi connectivity index (χ4n) is 2.76. The first kappa shape index (κ1) is 10.1. The lowest BCUT2D eigenvalue weighted by atomic mass is 10.2. The number of aryl methyl sites for hydroxylation is 1. The minimum Gasteiger partial charge on any atom is -0.313 e. The highest BCUT2D eigenvalue weighted by molar-refractivity contribution is 4.95. The van der Waals surface area contributed by atoms with E-state index in [9.17, 15) is 4.79 Å². The summed E-state index contributed by atoms with van der Waals surface area (Å²) in [4.78, 5) is 12.2. The van der Waals surface area contributed by atoms with Crippen molar-refractivity contribution in [1.82, 2.24) is 19.7 Å². The van der Waals surface area contributed by atoms with Crippen molar-refractivity contribution in [2.24, 2.45) is 0 Å². The van der Waals surface area contributed by atoms with Gasteiger partial charge in [0.2, 0.25) is 0 Å². The molecule has 1 aliphatic carbocycles. The molecule has 1 aromatic heterocycles. The van der Waals surface area contributed by atoms with Crippen LogP contribution in [0.25, 0.3) is 0 Å². The monoisotopic (exact) mass is 222 g/mol. The van der Waals surface area contributed by atoms with E-state index in [2.05, 4.69) is 10.4 Å². The number of aromatic nitrogens is 3. The van der Waals surface area contributed by atoms with Crippen molar-refractivity contribution in [2.45, 2.75) is 44.7 Å². The predicted molar refractivity (Wildman–Crippen MR) is 60.6 cm³/mol. The van der Waals surface area contributed by atoms with Gasteiger partial charge in [-0.25, -0.2) is 9.48 Å². The normalized spacial score (nSPS) is 22.6. The molecule has 2 heterocycles. The zero-order chi connectivity index (χ0) is 11.1. The second-order valence-corrected chi connectivity index (χ2v) is 4.89. The molecule has 0 atom stereocenters. The SMILES string of the molecule is Cc1nn(C2CCCC2)c(=O)n1C1CNC1. The number of nitrogens with zero attached hydrogens (tertiary/aromatic N) is 3. The molecule has 5 nitrogen and oxygen atoms in total. The van der Waals surface area contributed by atoms with Crippen molar-refractivity contribution in [1.29, 1.82) is 0 Å². The lowest BCUT2D eigenvalue weighted by molar-refractivity contribution is 0.326. The molecule has 0 aromatic carbocycles. The Hall–Kier alpha value is -1.10. The summed E-state index contributed by atoms with van der Waals surface area (Å²) < 4.78 is 3.58. The Morgan fingerprint density at radius 3 is 2.50 bits per heavy atom. The van der Waals surface area contributed by atoms with Crippen LogP contribution in [0.3, 0.4) is 0 Å². The van der Waals surface area contributed by atoms with Crippen molar-refractivity contribution in [3.05, 3.63) is 16.3 Å². The number of hydrogen-bond donors (Lipinski definition) is 1. The molecular formula is C11H18N4O. The van der Waals surface area contributed by atoms with Gasteiger partial charge in [0.25, 0.3) is 0 Å². The van der Waals surface area contributed by atoms with Crippen LogP contribution in [0.2, 0.25) is 0 Å². The zero-order valence-electron chi connectivity index (χ0n) is 9.65. The van der Waals surface area contributed by atoms with Crippen LogP contribution in [0.4, 0.5) is 0 Å². The molecular weight excluding hydrogens is 204 g/mol. The molecule has 0 radical (unpaired) electrons. The van der Waals surface area contributed by atoms with Gasteiger partial charge >= 0.3 is 5.69 Å². The molecule has 88 valence electrons. The van der Waals surface area contributed by atoms with E-state index in [1.54, 1.807) is 4.68 Å². The average molecular weight is 222 g/mol. The molecule has 1 aliphatic heterocycles. The minimum atomic E-state index is 0.0934. The third-order valence-electron chi connectivity index (χ3n) is 3.80. The Bertz CT molecular complexity index is 437. The standard InChI is InChI=1S/C11H18N4O/c1-8-13-15(9-4-2-3-5-9)11(16)14(8)10-6-12-7-10/h9-10,12H,2-7H2,1H3. The summed E-state index contributed by atoms with van der Waals surface area (Å²) in [5.41, 5.74) is 0.0934. The molecule has 0 unspecified atom stereocenters. The van der Waals surface area contributed by atoms with Crippen LogP contribution in [0, 0.1) is 6.92 Å². The van der Waals surface area contributed by atoms with E-state index in [1.807, 2.05) is 11.5 Å². The molecule has 1 saturated carbocycles. The number of nitrogens with one attached hydrogen (secondary N) is 1. The van der Waals surface area contributed by atoms with Gasteiger partial charge in [-0.05, 0) is 19.8 Å². The highest BCUT2D eigenvalue weighted by Crippen LogP contribution is 2.27. The second kappa shape index (κ2) is 3.73. The first-order chi connectivity index (χ1) is 7.77. The van der Waals surface area contributed by atoms with Crippen molar-refractivity contribution in [3.63, 3.8) is 0 Å². The summed E-state index contributed by atoms with van der Waals surface area (Å²) in [6.45, 7) is 3.74. The van der Waals surface area contributed by atoms with Crippen molar-refractivity contribution < 1.29 is 0 Å². The van der Waals surface area contributed by atoms with E-state index in [0.29, 0.717) is 12.1 Å². The third-order valence-corrected chi connectivity index (χ3v) is 3.80. The fourth-order valence-corrected chi connectivity index (χ4v) is 2.76. The quantitative estimate of drug-likeness (QED) is 0.797. The predicted octanol–water partition coefficient (Wildman–Crippen LogP) is 0.613. The van der Waals surface area contributed by atoms with E-state index in [4.69, 9.17) is 0 Å². The molecule has 2 fully saturated rings. The summed E-state index contributed by atoms with van der Waals surface area (Å²) in [6, 6.07) is 0.670. The average Bonchev–Trinajstić information content (AvgIpc) is 2.78. The van der Waals surface area contributed by atoms with Crippen LogP contribution < -0.4 is 11.0 Å². The van der Waals surface area contributed by atoms with Crippen LogP contribution in [0.1, 0.15) is 43.6 Å². The number of rotatable bonds is 2. The summed E-state index contributed by atoms with van der Waals surface area (Å²) in [6.07, 6.45) is 4.68. The summed E-state index contributed by atoms with van der Waals surface area (Å²) in [5, 5.41) is 7.63. The van der Waals surface area contributed by atoms with Gasteiger partial charge in [0.05, 0.1) is 12.1 Å². The molecule has 0 amide bonds. The third kappa shape index (κ3) is 1.42. The topological polar surface area (TPSA) is 51.9 Å². The molecule has 2 aliphatic rings. The summed E-state index contributed by atoms with van der Waals surface area (Å²) >= 11 is 0. The maximum Gasteiger partial charge on any atom is 0.346 e. The molecule has 16 heavy (non-hydrogen) atoms. The maximum absolute atomic E-state index is 12.2. The van der Waals surface area contributed by atoms with Gasteiger partial charge in [-0.1, -0.05) is 12.8 Å². The Labute approximate surface area is 94.5 Å². The van der Waals surface area contributed by atoms with Crippen LogP contribution in [0.5, 0.6) is 0 Å². The van der Waals surface area contributed by atoms with Gasteiger partial charge in [0.15, 0.2) is 0 Å². The van der Waals surface area contributed by atoms with Crippen molar-refractivity contribution >= 4 is 0 Å². The zero-order valence-corrected chi connectivity index (χ0v) is 9.65. The Morgan fingerprint density at radius 2 is 1.94 bits per heavy atom. The largest absolute Gasteiger partial charge is 0.346 e. The van der Waals surface area contributed by atoms with E-state index in [0.717, 1.165) is 31.8 Å². The van der Waals surface area contributed by atoms with Gasteiger partial charge < -0.3 is 5.32 Å². The Balaban J connectivity index is 1.97. The molecule has 0 bridgehead atoms. The van der Waals surface area contributed by atoms with Gasteiger partial charge in [0.1, 0.15) is 5.82 Å².